The van der Waals surface area contributed by atoms with Gasteiger partial charge in [-0.1, -0.05) is 18.2 Å². The van der Waals surface area contributed by atoms with E-state index in [2.05, 4.69) is 5.10 Å². The first-order chi connectivity index (χ1) is 7.79. The summed E-state index contributed by atoms with van der Waals surface area (Å²) in [5.41, 5.74) is 1.22. The van der Waals surface area contributed by atoms with Gasteiger partial charge in [0.15, 0.2) is 6.29 Å². The molecule has 0 fully saturated rings. The standard InChI is InChI=1S/C12H12N2O2/c1-14-7-10(8-15)12(13-14)9-16-11-5-3-2-4-6-11/h2-8H,9H2,1H3. The van der Waals surface area contributed by atoms with Crippen molar-refractivity contribution in [1.29, 1.82) is 0 Å². The summed E-state index contributed by atoms with van der Waals surface area (Å²) in [6, 6.07) is 9.44. The number of ether oxygens (including phenoxy) is 1. The number of aldehydes is 1. The van der Waals surface area contributed by atoms with E-state index in [9.17, 15) is 4.79 Å². The second kappa shape index (κ2) is 4.61. The van der Waals surface area contributed by atoms with E-state index in [1.807, 2.05) is 30.3 Å². The molecule has 0 radical (unpaired) electrons. The Morgan fingerprint density at radius 2 is 2.12 bits per heavy atom. The quantitative estimate of drug-likeness (QED) is 0.732. The molecule has 16 heavy (non-hydrogen) atoms. The van der Waals surface area contributed by atoms with Crippen LogP contribution in [0.2, 0.25) is 0 Å². The Kier molecular flexibility index (Phi) is 3.00. The Labute approximate surface area is 93.5 Å². The zero-order valence-corrected chi connectivity index (χ0v) is 8.96. The Morgan fingerprint density at radius 3 is 2.81 bits per heavy atom. The number of rotatable bonds is 4. The zero-order chi connectivity index (χ0) is 11.4. The minimum absolute atomic E-state index is 0.304. The van der Waals surface area contributed by atoms with E-state index >= 15 is 0 Å². The van der Waals surface area contributed by atoms with Crippen molar-refractivity contribution in [2.45, 2.75) is 6.61 Å². The highest BCUT2D eigenvalue weighted by Gasteiger charge is 2.07. The summed E-state index contributed by atoms with van der Waals surface area (Å²) < 4.78 is 7.12. The third kappa shape index (κ3) is 2.28. The Balaban J connectivity index is 2.07. The van der Waals surface area contributed by atoms with Crippen molar-refractivity contribution in [3.05, 3.63) is 47.8 Å². The van der Waals surface area contributed by atoms with Gasteiger partial charge < -0.3 is 4.74 Å². The summed E-state index contributed by atoms with van der Waals surface area (Å²) in [6.45, 7) is 0.304. The van der Waals surface area contributed by atoms with E-state index in [-0.39, 0.29) is 0 Å². The summed E-state index contributed by atoms with van der Waals surface area (Å²) in [7, 11) is 1.78. The predicted octanol–water partition coefficient (Wildman–Crippen LogP) is 1.81. The number of nitrogens with zero attached hydrogens (tertiary/aromatic N) is 2. The van der Waals surface area contributed by atoms with Crippen LogP contribution in [-0.2, 0) is 13.7 Å². The van der Waals surface area contributed by atoms with Crippen LogP contribution in [0.15, 0.2) is 36.5 Å². The fraction of sp³-hybridized carbons (Fsp3) is 0.167. The topological polar surface area (TPSA) is 44.1 Å². The molecule has 0 amide bonds. The molecule has 0 aliphatic carbocycles. The van der Waals surface area contributed by atoms with Crippen LogP contribution in [0.1, 0.15) is 16.1 Å². The first-order valence-corrected chi connectivity index (χ1v) is 4.95. The first kappa shape index (κ1) is 10.4. The van der Waals surface area contributed by atoms with Crippen LogP contribution < -0.4 is 4.74 Å². The molecule has 0 aliphatic rings. The summed E-state index contributed by atoms with van der Waals surface area (Å²) in [6.07, 6.45) is 2.47. The van der Waals surface area contributed by atoms with E-state index in [1.165, 1.54) is 0 Å². The molecule has 2 aromatic rings. The maximum absolute atomic E-state index is 10.7. The average Bonchev–Trinajstić information content (AvgIpc) is 2.68. The molecule has 0 saturated carbocycles. The molecule has 0 N–H and O–H groups in total. The van der Waals surface area contributed by atoms with Crippen LogP contribution in [0.5, 0.6) is 5.75 Å². The molecular weight excluding hydrogens is 204 g/mol. The Hall–Kier alpha value is -2.10. The maximum atomic E-state index is 10.7. The lowest BCUT2D eigenvalue weighted by atomic mass is 10.3. The number of aromatic nitrogens is 2. The molecule has 4 nitrogen and oxygen atoms in total. The van der Waals surface area contributed by atoms with E-state index in [4.69, 9.17) is 4.74 Å². The van der Waals surface area contributed by atoms with Crippen LogP contribution in [-0.4, -0.2) is 16.1 Å². The highest BCUT2D eigenvalue weighted by atomic mass is 16.5. The van der Waals surface area contributed by atoms with E-state index < -0.39 is 0 Å². The molecule has 4 heteroatoms. The van der Waals surface area contributed by atoms with Gasteiger partial charge >= 0.3 is 0 Å². The van der Waals surface area contributed by atoms with Gasteiger partial charge in [-0.3, -0.25) is 9.48 Å². The van der Waals surface area contributed by atoms with Crippen LogP contribution in [0.3, 0.4) is 0 Å². The smallest absolute Gasteiger partial charge is 0.153 e. The Morgan fingerprint density at radius 1 is 1.38 bits per heavy atom. The molecule has 0 atom stereocenters. The molecule has 0 unspecified atom stereocenters. The number of hydrogen-bond acceptors (Lipinski definition) is 3. The van der Waals surface area contributed by atoms with E-state index in [0.29, 0.717) is 17.9 Å². The third-order valence-electron chi connectivity index (χ3n) is 2.18. The lowest BCUT2D eigenvalue weighted by Crippen LogP contribution is -1.99. The molecular formula is C12H12N2O2. The van der Waals surface area contributed by atoms with Gasteiger partial charge in [-0.2, -0.15) is 5.10 Å². The minimum atomic E-state index is 0.304. The second-order valence-electron chi connectivity index (χ2n) is 3.42. The van der Waals surface area contributed by atoms with Crippen molar-refractivity contribution in [1.82, 2.24) is 9.78 Å². The number of hydrogen-bond donors (Lipinski definition) is 0. The lowest BCUT2D eigenvalue weighted by molar-refractivity contribution is 0.112. The molecule has 0 aliphatic heterocycles. The van der Waals surface area contributed by atoms with Crippen molar-refractivity contribution in [2.24, 2.45) is 7.05 Å². The van der Waals surface area contributed by atoms with Gasteiger partial charge in [0, 0.05) is 13.2 Å². The summed E-state index contributed by atoms with van der Waals surface area (Å²) in [5, 5.41) is 4.16. The SMILES string of the molecule is Cn1cc(C=O)c(COc2ccccc2)n1. The molecule has 82 valence electrons. The van der Waals surface area contributed by atoms with Gasteiger partial charge in [-0.25, -0.2) is 0 Å². The number of benzene rings is 1. The molecule has 1 aromatic heterocycles. The van der Waals surface area contributed by atoms with Crippen molar-refractivity contribution >= 4 is 6.29 Å². The van der Waals surface area contributed by atoms with Gasteiger partial charge in [0.25, 0.3) is 0 Å². The van der Waals surface area contributed by atoms with Crippen molar-refractivity contribution in [3.63, 3.8) is 0 Å². The number of carbonyl (C=O) groups is 1. The number of para-hydroxylation sites is 1. The van der Waals surface area contributed by atoms with Crippen molar-refractivity contribution in [3.8, 4) is 5.75 Å². The van der Waals surface area contributed by atoms with Gasteiger partial charge in [0.2, 0.25) is 0 Å². The normalized spacial score (nSPS) is 10.1. The third-order valence-corrected chi connectivity index (χ3v) is 2.18. The average molecular weight is 216 g/mol. The number of aryl methyl sites for hydroxylation is 1. The summed E-state index contributed by atoms with van der Waals surface area (Å²) >= 11 is 0. The van der Waals surface area contributed by atoms with Crippen molar-refractivity contribution in [2.75, 3.05) is 0 Å². The fourth-order valence-corrected chi connectivity index (χ4v) is 1.43. The van der Waals surface area contributed by atoms with E-state index in [1.54, 1.807) is 17.9 Å². The molecule has 0 bridgehead atoms. The zero-order valence-electron chi connectivity index (χ0n) is 8.96. The van der Waals surface area contributed by atoms with Gasteiger partial charge in [0.1, 0.15) is 18.1 Å². The van der Waals surface area contributed by atoms with Gasteiger partial charge in [-0.05, 0) is 12.1 Å². The highest BCUT2D eigenvalue weighted by Crippen LogP contribution is 2.12. The second-order valence-corrected chi connectivity index (χ2v) is 3.42. The fourth-order valence-electron chi connectivity index (χ4n) is 1.43. The van der Waals surface area contributed by atoms with Crippen LogP contribution in [0, 0.1) is 0 Å². The van der Waals surface area contributed by atoms with Crippen LogP contribution >= 0.6 is 0 Å². The summed E-state index contributed by atoms with van der Waals surface area (Å²) in [4.78, 5) is 10.7. The maximum Gasteiger partial charge on any atom is 0.153 e. The number of carbonyl (C=O) groups excluding carboxylic acids is 1. The first-order valence-electron chi connectivity index (χ1n) is 4.95. The van der Waals surface area contributed by atoms with Crippen LogP contribution in [0.4, 0.5) is 0 Å². The molecule has 2 rings (SSSR count). The Bertz CT molecular complexity index is 477. The largest absolute Gasteiger partial charge is 0.487 e. The molecule has 1 aromatic carbocycles. The van der Waals surface area contributed by atoms with Gasteiger partial charge in [-0.15, -0.1) is 0 Å². The molecule has 0 spiro atoms. The lowest BCUT2D eigenvalue weighted by Gasteiger charge is -2.03. The minimum Gasteiger partial charge on any atom is -0.487 e. The monoisotopic (exact) mass is 216 g/mol. The summed E-state index contributed by atoms with van der Waals surface area (Å²) in [5.74, 6) is 0.769. The van der Waals surface area contributed by atoms with E-state index in [0.717, 1.165) is 12.0 Å². The van der Waals surface area contributed by atoms with Crippen molar-refractivity contribution < 1.29 is 9.53 Å². The van der Waals surface area contributed by atoms with Crippen LogP contribution in [0.25, 0.3) is 0 Å². The molecule has 1 heterocycles. The highest BCUT2D eigenvalue weighted by molar-refractivity contribution is 5.75. The predicted molar refractivity (Wildman–Crippen MR) is 59.4 cm³/mol. The van der Waals surface area contributed by atoms with Gasteiger partial charge in [0.05, 0.1) is 5.56 Å². The molecule has 0 saturated heterocycles.